The van der Waals surface area contributed by atoms with Crippen molar-refractivity contribution in [1.29, 1.82) is 0 Å². The van der Waals surface area contributed by atoms with E-state index in [-0.39, 0.29) is 17.1 Å². The molecule has 1 amide bonds. The molecule has 8 nitrogen and oxygen atoms in total. The topological polar surface area (TPSA) is 106 Å². The van der Waals surface area contributed by atoms with Crippen LogP contribution in [0.25, 0.3) is 0 Å². The van der Waals surface area contributed by atoms with Crippen molar-refractivity contribution in [2.24, 2.45) is 0 Å². The third kappa shape index (κ3) is 6.59. The summed E-state index contributed by atoms with van der Waals surface area (Å²) in [5, 5.41) is 2.74. The van der Waals surface area contributed by atoms with Gasteiger partial charge in [0.25, 0.3) is 0 Å². The average molecular weight is 391 g/mol. The number of nitrogens with one attached hydrogen (secondary N) is 1. The number of methoxy groups -OCH3 is 1. The van der Waals surface area contributed by atoms with Gasteiger partial charge in [0.15, 0.2) is 0 Å². The van der Waals surface area contributed by atoms with Crippen LogP contribution >= 0.6 is 11.8 Å². The minimum Gasteiger partial charge on any atom is -0.497 e. The zero-order valence-corrected chi connectivity index (χ0v) is 16.9. The number of hydrogen-bond acceptors (Lipinski definition) is 8. The molecule has 0 saturated carbocycles. The number of nitrogens with two attached hydrogens (primary N) is 1. The highest BCUT2D eigenvalue weighted by Gasteiger charge is 2.15. The second-order valence-electron chi connectivity index (χ2n) is 6.15. The van der Waals surface area contributed by atoms with Crippen LogP contribution < -0.4 is 20.7 Å². The molecule has 9 heteroatoms. The quantitative estimate of drug-likeness (QED) is 0.664. The molecule has 0 saturated heterocycles. The Balaban J connectivity index is 1.78. The fourth-order valence-electron chi connectivity index (χ4n) is 2.23. The van der Waals surface area contributed by atoms with E-state index in [1.54, 1.807) is 12.0 Å². The van der Waals surface area contributed by atoms with Gasteiger partial charge in [0.2, 0.25) is 17.8 Å². The Morgan fingerprint density at radius 2 is 1.96 bits per heavy atom. The van der Waals surface area contributed by atoms with Crippen molar-refractivity contribution in [3.8, 4) is 5.75 Å². The van der Waals surface area contributed by atoms with Gasteiger partial charge in [-0.05, 0) is 31.0 Å². The van der Waals surface area contributed by atoms with Crippen LogP contribution in [0.2, 0.25) is 0 Å². The summed E-state index contributed by atoms with van der Waals surface area (Å²) in [5.74, 6) is 2.55. The smallest absolute Gasteiger partial charge is 0.232 e. The first-order valence-corrected chi connectivity index (χ1v) is 9.64. The second-order valence-corrected chi connectivity index (χ2v) is 7.48. The normalized spacial score (nSPS) is 11.7. The largest absolute Gasteiger partial charge is 0.497 e. The number of carbonyl (C=O) groups is 1. The number of thioether (sulfide) groups is 1. The summed E-state index contributed by atoms with van der Waals surface area (Å²) in [5.41, 5.74) is 6.86. The number of nitrogen functional groups attached to an aromatic ring is 1. The van der Waals surface area contributed by atoms with E-state index in [1.165, 1.54) is 11.8 Å². The predicted molar refractivity (Wildman–Crippen MR) is 109 cm³/mol. The molecule has 27 heavy (non-hydrogen) atoms. The van der Waals surface area contributed by atoms with Crippen molar-refractivity contribution in [3.05, 3.63) is 35.7 Å². The minimum absolute atomic E-state index is 0.0108. The summed E-state index contributed by atoms with van der Waals surface area (Å²) in [6.45, 7) is 2.45. The van der Waals surface area contributed by atoms with E-state index < -0.39 is 0 Å². The summed E-state index contributed by atoms with van der Waals surface area (Å²) in [6, 6.07) is 7.82. The Hall–Kier alpha value is -2.55. The lowest BCUT2D eigenvalue weighted by Crippen LogP contribution is -2.32. The molecule has 146 valence electrons. The maximum atomic E-state index is 12.3. The van der Waals surface area contributed by atoms with Crippen molar-refractivity contribution in [1.82, 2.24) is 20.3 Å². The number of benzene rings is 1. The van der Waals surface area contributed by atoms with Crippen molar-refractivity contribution in [2.45, 2.75) is 24.3 Å². The number of amides is 1. The van der Waals surface area contributed by atoms with E-state index >= 15 is 0 Å². The van der Waals surface area contributed by atoms with Crippen LogP contribution in [-0.4, -0.2) is 53.9 Å². The molecule has 0 radical (unpaired) electrons. The molecule has 2 rings (SSSR count). The summed E-state index contributed by atoms with van der Waals surface area (Å²) < 4.78 is 5.14. The predicted octanol–water partition coefficient (Wildman–Crippen LogP) is 1.51. The molecule has 2 aromatic rings. The number of carbonyl (C=O) groups excluding carboxylic acids is 1. The van der Waals surface area contributed by atoms with Gasteiger partial charge < -0.3 is 20.7 Å². The van der Waals surface area contributed by atoms with Crippen LogP contribution in [0.5, 0.6) is 5.75 Å². The lowest BCUT2D eigenvalue weighted by Gasteiger charge is -2.13. The molecule has 0 aliphatic rings. The van der Waals surface area contributed by atoms with Crippen molar-refractivity contribution >= 4 is 29.6 Å². The fourth-order valence-corrected chi connectivity index (χ4v) is 2.99. The van der Waals surface area contributed by atoms with Gasteiger partial charge in [-0.3, -0.25) is 4.79 Å². The Kier molecular flexibility index (Phi) is 7.66. The van der Waals surface area contributed by atoms with Crippen molar-refractivity contribution in [2.75, 3.05) is 38.4 Å². The van der Waals surface area contributed by atoms with Gasteiger partial charge in [-0.15, -0.1) is 11.8 Å². The molecular formula is C18H26N6O2S. The van der Waals surface area contributed by atoms with Crippen LogP contribution in [0.3, 0.4) is 0 Å². The van der Waals surface area contributed by atoms with Gasteiger partial charge in [0, 0.05) is 20.6 Å². The number of aromatic nitrogens is 3. The second kappa shape index (κ2) is 9.96. The first kappa shape index (κ1) is 20.8. The highest BCUT2D eigenvalue weighted by molar-refractivity contribution is 7.99. The van der Waals surface area contributed by atoms with Gasteiger partial charge in [-0.25, -0.2) is 0 Å². The highest BCUT2D eigenvalue weighted by Crippen LogP contribution is 2.17. The van der Waals surface area contributed by atoms with E-state index in [4.69, 9.17) is 10.5 Å². The first-order chi connectivity index (χ1) is 12.9. The SMILES string of the molecule is COc1ccc(CCNC(=O)C(C)SCc2nc(N)nc(N(C)C)n2)cc1. The molecule has 0 bridgehead atoms. The number of rotatable bonds is 9. The van der Waals surface area contributed by atoms with Crippen molar-refractivity contribution in [3.63, 3.8) is 0 Å². The van der Waals surface area contributed by atoms with Crippen LogP contribution in [0, 0.1) is 0 Å². The molecule has 3 N–H and O–H groups in total. The van der Waals surface area contributed by atoms with E-state index in [9.17, 15) is 4.79 Å². The van der Waals surface area contributed by atoms with Crippen LogP contribution in [-0.2, 0) is 17.0 Å². The van der Waals surface area contributed by atoms with Gasteiger partial charge in [-0.1, -0.05) is 12.1 Å². The highest BCUT2D eigenvalue weighted by atomic mass is 32.2. The third-order valence-electron chi connectivity index (χ3n) is 3.79. The van der Waals surface area contributed by atoms with Crippen LogP contribution in [0.15, 0.2) is 24.3 Å². The molecular weight excluding hydrogens is 364 g/mol. The summed E-state index contributed by atoms with van der Waals surface area (Å²) in [4.78, 5) is 26.6. The molecule has 0 aliphatic carbocycles. The molecule has 0 spiro atoms. The zero-order valence-electron chi connectivity index (χ0n) is 16.1. The fraction of sp³-hybridized carbons (Fsp3) is 0.444. The molecule has 0 fully saturated rings. The van der Waals surface area contributed by atoms with Gasteiger partial charge in [0.05, 0.1) is 18.1 Å². The number of anilines is 2. The van der Waals surface area contributed by atoms with Crippen molar-refractivity contribution < 1.29 is 9.53 Å². The maximum absolute atomic E-state index is 12.3. The van der Waals surface area contributed by atoms with Crippen LogP contribution in [0.4, 0.5) is 11.9 Å². The number of hydrogen-bond donors (Lipinski definition) is 2. The van der Waals surface area contributed by atoms with E-state index in [2.05, 4.69) is 20.3 Å². The Morgan fingerprint density at radius 3 is 2.59 bits per heavy atom. The number of nitrogens with zero attached hydrogens (tertiary/aromatic N) is 4. The first-order valence-electron chi connectivity index (χ1n) is 8.59. The Labute approximate surface area is 163 Å². The third-order valence-corrected chi connectivity index (χ3v) is 4.93. The van der Waals surface area contributed by atoms with Gasteiger partial charge in [-0.2, -0.15) is 15.0 Å². The van der Waals surface area contributed by atoms with Gasteiger partial charge in [0.1, 0.15) is 11.6 Å². The van der Waals surface area contributed by atoms with Gasteiger partial charge >= 0.3 is 0 Å². The molecule has 1 unspecified atom stereocenters. The molecule has 1 atom stereocenters. The summed E-state index contributed by atoms with van der Waals surface area (Å²) in [6.07, 6.45) is 0.767. The standard InChI is InChI=1S/C18H26N6O2S/c1-12(27-11-15-21-17(19)23-18(22-15)24(2)3)16(25)20-10-9-13-5-7-14(26-4)8-6-13/h5-8,12H,9-11H2,1-4H3,(H,20,25)(H2,19,21,22,23). The van der Waals surface area contributed by atoms with Crippen LogP contribution in [0.1, 0.15) is 18.3 Å². The lowest BCUT2D eigenvalue weighted by atomic mass is 10.1. The molecule has 1 aromatic carbocycles. The monoisotopic (exact) mass is 390 g/mol. The lowest BCUT2D eigenvalue weighted by molar-refractivity contribution is -0.120. The number of ether oxygens (including phenoxy) is 1. The Morgan fingerprint density at radius 1 is 1.26 bits per heavy atom. The molecule has 1 aromatic heterocycles. The van der Waals surface area contributed by atoms with E-state index in [0.29, 0.717) is 24.1 Å². The molecule has 0 aliphatic heterocycles. The summed E-state index contributed by atoms with van der Waals surface area (Å²) in [7, 11) is 5.32. The zero-order chi connectivity index (χ0) is 19.8. The van der Waals surface area contributed by atoms with E-state index in [1.807, 2.05) is 45.3 Å². The van der Waals surface area contributed by atoms with E-state index in [0.717, 1.165) is 17.7 Å². The Bertz CT molecular complexity index is 754. The molecule has 1 heterocycles. The minimum atomic E-state index is -0.221. The average Bonchev–Trinajstić information content (AvgIpc) is 2.66. The summed E-state index contributed by atoms with van der Waals surface area (Å²) >= 11 is 1.46. The maximum Gasteiger partial charge on any atom is 0.232 e.